The molecule has 0 aromatic carbocycles. The number of fused-ring (bicyclic) bond motifs is 1. The Morgan fingerprint density at radius 2 is 2.06 bits per heavy atom. The summed E-state index contributed by atoms with van der Waals surface area (Å²) < 4.78 is 1.51. The number of rotatable bonds is 4. The second kappa shape index (κ2) is 4.70. The highest BCUT2D eigenvalue weighted by Crippen LogP contribution is 2.39. The maximum atomic E-state index is 10.1. The fraction of sp³-hybridized carbons (Fsp3) is 0.429. The van der Waals surface area contributed by atoms with Gasteiger partial charge >= 0.3 is 0 Å². The van der Waals surface area contributed by atoms with Gasteiger partial charge in [-0.2, -0.15) is 0 Å². The highest BCUT2D eigenvalue weighted by atomic mass is 16.3. The monoisotopic (exact) mass is 233 g/mol. The predicted octanol–water partition coefficient (Wildman–Crippen LogP) is 2.91. The number of aromatic nitrogens is 1. The van der Waals surface area contributed by atoms with E-state index in [-0.39, 0.29) is 11.8 Å². The minimum absolute atomic E-state index is 0.184. The van der Waals surface area contributed by atoms with Gasteiger partial charge < -0.3 is 10.2 Å². The van der Waals surface area contributed by atoms with E-state index in [0.29, 0.717) is 13.0 Å². The summed E-state index contributed by atoms with van der Waals surface area (Å²) in [5.74, 6) is 0.378. The van der Waals surface area contributed by atoms with Gasteiger partial charge in [0.15, 0.2) is 11.8 Å². The van der Waals surface area contributed by atoms with Crippen molar-refractivity contribution in [2.45, 2.75) is 39.2 Å². The molecule has 0 radical (unpaired) electrons. The molecule has 1 heterocycles. The second-order valence-electron chi connectivity index (χ2n) is 4.50. The fourth-order valence-electron chi connectivity index (χ4n) is 2.46. The molecule has 92 valence electrons. The van der Waals surface area contributed by atoms with Crippen LogP contribution in [0.25, 0.3) is 0 Å². The molecule has 2 rings (SSSR count). The van der Waals surface area contributed by atoms with Gasteiger partial charge in [0.05, 0.1) is 0 Å². The molecule has 0 saturated heterocycles. The lowest BCUT2D eigenvalue weighted by Gasteiger charge is -2.12. The van der Waals surface area contributed by atoms with Crippen LogP contribution in [0.4, 0.5) is 0 Å². The molecule has 3 nitrogen and oxygen atoms in total. The van der Waals surface area contributed by atoms with Crippen LogP contribution in [0.5, 0.6) is 11.8 Å². The highest BCUT2D eigenvalue weighted by Gasteiger charge is 2.24. The van der Waals surface area contributed by atoms with Crippen LogP contribution in [0.1, 0.15) is 30.9 Å². The number of nitrogens with zero attached hydrogens (tertiary/aromatic N) is 1. The number of aromatic hydroxyl groups is 2. The Morgan fingerprint density at radius 1 is 1.35 bits per heavy atom. The van der Waals surface area contributed by atoms with Crippen LogP contribution in [0.2, 0.25) is 0 Å². The first-order chi connectivity index (χ1) is 8.19. The summed E-state index contributed by atoms with van der Waals surface area (Å²) in [4.78, 5) is 0. The zero-order valence-corrected chi connectivity index (χ0v) is 10.2. The SMILES string of the molecule is C=CCn1c(O)c2c(c1O)CC(CCC)=CC2. The first kappa shape index (κ1) is 11.8. The van der Waals surface area contributed by atoms with Crippen LogP contribution in [-0.2, 0) is 19.4 Å². The van der Waals surface area contributed by atoms with Crippen molar-refractivity contribution >= 4 is 0 Å². The topological polar surface area (TPSA) is 45.4 Å². The molecule has 0 aliphatic heterocycles. The Labute approximate surface area is 102 Å². The van der Waals surface area contributed by atoms with Crippen molar-refractivity contribution in [2.24, 2.45) is 0 Å². The zero-order valence-electron chi connectivity index (χ0n) is 10.2. The lowest BCUT2D eigenvalue weighted by Crippen LogP contribution is -2.00. The van der Waals surface area contributed by atoms with E-state index in [2.05, 4.69) is 19.6 Å². The molecule has 2 N–H and O–H groups in total. The maximum absolute atomic E-state index is 10.1. The Kier molecular flexibility index (Phi) is 3.27. The Morgan fingerprint density at radius 3 is 2.71 bits per heavy atom. The highest BCUT2D eigenvalue weighted by molar-refractivity contribution is 5.50. The van der Waals surface area contributed by atoms with Crippen molar-refractivity contribution in [3.8, 4) is 11.8 Å². The molecule has 1 aromatic heterocycles. The van der Waals surface area contributed by atoms with Gasteiger partial charge in [0.2, 0.25) is 0 Å². The molecule has 0 fully saturated rings. The lowest BCUT2D eigenvalue weighted by atomic mass is 9.92. The van der Waals surface area contributed by atoms with E-state index in [9.17, 15) is 10.2 Å². The van der Waals surface area contributed by atoms with E-state index in [0.717, 1.165) is 30.4 Å². The van der Waals surface area contributed by atoms with Gasteiger partial charge in [-0.3, -0.25) is 4.57 Å². The van der Waals surface area contributed by atoms with Gasteiger partial charge in [-0.1, -0.05) is 31.1 Å². The van der Waals surface area contributed by atoms with Crippen molar-refractivity contribution in [3.05, 3.63) is 35.4 Å². The molecule has 1 aromatic rings. The number of allylic oxidation sites excluding steroid dienone is 3. The van der Waals surface area contributed by atoms with Crippen LogP contribution < -0.4 is 0 Å². The van der Waals surface area contributed by atoms with E-state index in [1.54, 1.807) is 6.08 Å². The molecule has 0 amide bonds. The first-order valence-corrected chi connectivity index (χ1v) is 6.10. The van der Waals surface area contributed by atoms with Crippen LogP contribution >= 0.6 is 0 Å². The molecule has 17 heavy (non-hydrogen) atoms. The summed E-state index contributed by atoms with van der Waals surface area (Å²) in [6, 6.07) is 0. The Bertz CT molecular complexity index is 469. The Hall–Kier alpha value is -1.64. The molecular weight excluding hydrogens is 214 g/mol. The number of hydrogen-bond acceptors (Lipinski definition) is 2. The molecule has 1 aliphatic rings. The van der Waals surface area contributed by atoms with E-state index >= 15 is 0 Å². The largest absolute Gasteiger partial charge is 0.494 e. The molecule has 1 aliphatic carbocycles. The standard InChI is InChI=1S/C14H19NO2/c1-3-5-10-6-7-11-12(9-10)14(17)15(8-4-2)13(11)16/h4,6,16-17H,2-3,5,7-9H2,1H3. The number of hydrogen-bond donors (Lipinski definition) is 2. The van der Waals surface area contributed by atoms with Gasteiger partial charge in [0, 0.05) is 17.7 Å². The molecule has 0 saturated carbocycles. The smallest absolute Gasteiger partial charge is 0.198 e. The van der Waals surface area contributed by atoms with Gasteiger partial charge in [0.1, 0.15) is 0 Å². The van der Waals surface area contributed by atoms with Gasteiger partial charge in [-0.25, -0.2) is 0 Å². The second-order valence-corrected chi connectivity index (χ2v) is 4.50. The third kappa shape index (κ3) is 1.97. The van der Waals surface area contributed by atoms with E-state index in [4.69, 9.17) is 0 Å². The average Bonchev–Trinajstić information content (AvgIpc) is 2.55. The molecular formula is C14H19NO2. The molecule has 0 atom stereocenters. The van der Waals surface area contributed by atoms with E-state index in [1.807, 2.05) is 0 Å². The van der Waals surface area contributed by atoms with Gasteiger partial charge in [-0.15, -0.1) is 6.58 Å². The molecule has 0 unspecified atom stereocenters. The normalized spacial score (nSPS) is 14.3. The van der Waals surface area contributed by atoms with Crippen molar-refractivity contribution in [3.63, 3.8) is 0 Å². The van der Waals surface area contributed by atoms with Crippen molar-refractivity contribution < 1.29 is 10.2 Å². The predicted molar refractivity (Wildman–Crippen MR) is 68.4 cm³/mol. The summed E-state index contributed by atoms with van der Waals surface area (Å²) in [6.45, 7) is 6.22. The fourth-order valence-corrected chi connectivity index (χ4v) is 2.46. The first-order valence-electron chi connectivity index (χ1n) is 6.10. The molecule has 0 spiro atoms. The van der Waals surface area contributed by atoms with Gasteiger partial charge in [-0.05, 0) is 19.3 Å². The van der Waals surface area contributed by atoms with Crippen LogP contribution in [0, 0.1) is 0 Å². The van der Waals surface area contributed by atoms with Crippen molar-refractivity contribution in [1.29, 1.82) is 0 Å². The van der Waals surface area contributed by atoms with E-state index in [1.165, 1.54) is 10.1 Å². The minimum Gasteiger partial charge on any atom is -0.494 e. The minimum atomic E-state index is 0.184. The molecule has 0 bridgehead atoms. The molecule has 3 heteroatoms. The van der Waals surface area contributed by atoms with Crippen LogP contribution in [-0.4, -0.2) is 14.8 Å². The summed E-state index contributed by atoms with van der Waals surface area (Å²) in [6.07, 6.45) is 7.49. The summed E-state index contributed by atoms with van der Waals surface area (Å²) in [7, 11) is 0. The quantitative estimate of drug-likeness (QED) is 0.785. The summed E-state index contributed by atoms with van der Waals surface area (Å²) in [5.41, 5.74) is 3.10. The summed E-state index contributed by atoms with van der Waals surface area (Å²) >= 11 is 0. The van der Waals surface area contributed by atoms with Gasteiger partial charge in [0.25, 0.3) is 0 Å². The summed E-state index contributed by atoms with van der Waals surface area (Å²) in [5, 5.41) is 20.1. The van der Waals surface area contributed by atoms with Crippen LogP contribution in [0.3, 0.4) is 0 Å². The Balaban J connectivity index is 2.35. The maximum Gasteiger partial charge on any atom is 0.198 e. The van der Waals surface area contributed by atoms with Crippen molar-refractivity contribution in [2.75, 3.05) is 0 Å². The average molecular weight is 233 g/mol. The van der Waals surface area contributed by atoms with E-state index < -0.39 is 0 Å². The zero-order chi connectivity index (χ0) is 12.4. The third-order valence-corrected chi connectivity index (χ3v) is 3.30. The van der Waals surface area contributed by atoms with Crippen molar-refractivity contribution in [1.82, 2.24) is 4.57 Å². The lowest BCUT2D eigenvalue weighted by molar-refractivity contribution is 0.376. The third-order valence-electron chi connectivity index (χ3n) is 3.30. The van der Waals surface area contributed by atoms with Crippen LogP contribution in [0.15, 0.2) is 24.3 Å².